The first-order valence-corrected chi connectivity index (χ1v) is 8.62. The fourth-order valence-corrected chi connectivity index (χ4v) is 3.49. The van der Waals surface area contributed by atoms with Crippen molar-refractivity contribution in [3.05, 3.63) is 33.8 Å². The van der Waals surface area contributed by atoms with Crippen molar-refractivity contribution in [1.29, 1.82) is 0 Å². The van der Waals surface area contributed by atoms with E-state index >= 15 is 0 Å². The minimum atomic E-state index is 0.00682. The second kappa shape index (κ2) is 7.95. The predicted octanol–water partition coefficient (Wildman–Crippen LogP) is 3.61. The van der Waals surface area contributed by atoms with Crippen molar-refractivity contribution in [2.24, 2.45) is 5.92 Å². The molecule has 4 heteroatoms. The van der Waals surface area contributed by atoms with Crippen LogP contribution in [0, 0.1) is 12.8 Å². The number of benzene rings is 1. The molecule has 0 spiro atoms. The SMILES string of the molecule is Cc1ccc(C(=O)NCC(C)CN2CCCCC2)c(Br)c1. The van der Waals surface area contributed by atoms with E-state index in [1.54, 1.807) is 0 Å². The summed E-state index contributed by atoms with van der Waals surface area (Å²) >= 11 is 3.47. The quantitative estimate of drug-likeness (QED) is 0.877. The highest BCUT2D eigenvalue weighted by Gasteiger charge is 2.15. The highest BCUT2D eigenvalue weighted by molar-refractivity contribution is 9.10. The van der Waals surface area contributed by atoms with Gasteiger partial charge in [0.2, 0.25) is 0 Å². The molecule has 116 valence electrons. The van der Waals surface area contributed by atoms with Crippen LogP contribution >= 0.6 is 15.9 Å². The van der Waals surface area contributed by atoms with Crippen LogP contribution in [-0.2, 0) is 0 Å². The third-order valence-corrected chi connectivity index (χ3v) is 4.65. The minimum Gasteiger partial charge on any atom is -0.352 e. The molecule has 1 atom stereocenters. The van der Waals surface area contributed by atoms with Gasteiger partial charge in [-0.2, -0.15) is 0 Å². The number of piperidine rings is 1. The van der Waals surface area contributed by atoms with Crippen molar-refractivity contribution in [3.8, 4) is 0 Å². The molecule has 0 radical (unpaired) electrons. The first kappa shape index (κ1) is 16.5. The molecular weight excluding hydrogens is 328 g/mol. The van der Waals surface area contributed by atoms with E-state index in [-0.39, 0.29) is 5.91 Å². The zero-order valence-corrected chi connectivity index (χ0v) is 14.6. The lowest BCUT2D eigenvalue weighted by atomic mass is 10.1. The van der Waals surface area contributed by atoms with Crippen LogP contribution in [0.15, 0.2) is 22.7 Å². The van der Waals surface area contributed by atoms with Gasteiger partial charge in [-0.05, 0) is 72.4 Å². The molecule has 1 aromatic carbocycles. The molecule has 21 heavy (non-hydrogen) atoms. The fourth-order valence-electron chi connectivity index (χ4n) is 2.81. The van der Waals surface area contributed by atoms with E-state index in [2.05, 4.69) is 33.1 Å². The van der Waals surface area contributed by atoms with Gasteiger partial charge in [0.1, 0.15) is 0 Å². The Morgan fingerprint density at radius 3 is 2.71 bits per heavy atom. The van der Waals surface area contributed by atoms with Crippen LogP contribution in [0.1, 0.15) is 42.1 Å². The highest BCUT2D eigenvalue weighted by atomic mass is 79.9. The van der Waals surface area contributed by atoms with Gasteiger partial charge in [0, 0.05) is 17.6 Å². The second-order valence-electron chi connectivity index (χ2n) is 6.16. The Balaban J connectivity index is 1.80. The highest BCUT2D eigenvalue weighted by Crippen LogP contribution is 2.18. The summed E-state index contributed by atoms with van der Waals surface area (Å²) in [5.41, 5.74) is 1.86. The smallest absolute Gasteiger partial charge is 0.252 e. The number of nitrogens with zero attached hydrogens (tertiary/aromatic N) is 1. The third kappa shape index (κ3) is 5.11. The molecule has 2 rings (SSSR count). The van der Waals surface area contributed by atoms with E-state index in [4.69, 9.17) is 0 Å². The lowest BCUT2D eigenvalue weighted by Crippen LogP contribution is -2.38. The second-order valence-corrected chi connectivity index (χ2v) is 7.01. The Labute approximate surface area is 136 Å². The summed E-state index contributed by atoms with van der Waals surface area (Å²) in [6, 6.07) is 5.83. The number of amides is 1. The molecule has 1 N–H and O–H groups in total. The summed E-state index contributed by atoms with van der Waals surface area (Å²) in [5.74, 6) is 0.489. The molecule has 3 nitrogen and oxygen atoms in total. The normalized spacial score (nSPS) is 17.5. The average Bonchev–Trinajstić information content (AvgIpc) is 2.46. The minimum absolute atomic E-state index is 0.00682. The Morgan fingerprint density at radius 1 is 1.33 bits per heavy atom. The van der Waals surface area contributed by atoms with Gasteiger partial charge in [0.25, 0.3) is 5.91 Å². The molecule has 1 fully saturated rings. The molecule has 1 amide bonds. The Hall–Kier alpha value is -0.870. The number of hydrogen-bond donors (Lipinski definition) is 1. The standard InChI is InChI=1S/C17H25BrN2O/c1-13-6-7-15(16(18)10-13)17(21)19-11-14(2)12-20-8-4-3-5-9-20/h6-7,10,14H,3-5,8-9,11-12H2,1-2H3,(H,19,21). The zero-order chi connectivity index (χ0) is 15.2. The van der Waals surface area contributed by atoms with Crippen molar-refractivity contribution < 1.29 is 4.79 Å². The van der Waals surface area contributed by atoms with Crippen LogP contribution in [0.4, 0.5) is 0 Å². The predicted molar refractivity (Wildman–Crippen MR) is 90.7 cm³/mol. The van der Waals surface area contributed by atoms with Crippen LogP contribution in [0.5, 0.6) is 0 Å². The van der Waals surface area contributed by atoms with Crippen LogP contribution in [-0.4, -0.2) is 37.0 Å². The van der Waals surface area contributed by atoms with Gasteiger partial charge in [-0.1, -0.05) is 19.4 Å². The summed E-state index contributed by atoms with van der Waals surface area (Å²) in [6.45, 7) is 8.46. The van der Waals surface area contributed by atoms with Gasteiger partial charge in [-0.3, -0.25) is 4.79 Å². The summed E-state index contributed by atoms with van der Waals surface area (Å²) in [4.78, 5) is 14.7. The zero-order valence-electron chi connectivity index (χ0n) is 13.0. The van der Waals surface area contributed by atoms with Gasteiger partial charge < -0.3 is 10.2 Å². The summed E-state index contributed by atoms with van der Waals surface area (Å²) in [6.07, 6.45) is 3.99. The van der Waals surface area contributed by atoms with E-state index < -0.39 is 0 Å². The number of halogens is 1. The van der Waals surface area contributed by atoms with Crippen LogP contribution in [0.25, 0.3) is 0 Å². The largest absolute Gasteiger partial charge is 0.352 e. The lowest BCUT2D eigenvalue weighted by molar-refractivity contribution is 0.0942. The maximum absolute atomic E-state index is 12.2. The number of likely N-dealkylation sites (tertiary alicyclic amines) is 1. The number of carbonyl (C=O) groups excluding carboxylic acids is 1. The number of aryl methyl sites for hydroxylation is 1. The molecule has 1 saturated heterocycles. The van der Waals surface area contributed by atoms with Gasteiger partial charge in [-0.25, -0.2) is 0 Å². The van der Waals surface area contributed by atoms with E-state index in [1.807, 2.05) is 25.1 Å². The van der Waals surface area contributed by atoms with Gasteiger partial charge >= 0.3 is 0 Å². The molecule has 1 aliphatic heterocycles. The molecule has 0 bridgehead atoms. The van der Waals surface area contributed by atoms with Crippen LogP contribution in [0.2, 0.25) is 0 Å². The molecule has 0 aromatic heterocycles. The van der Waals surface area contributed by atoms with Crippen molar-refractivity contribution in [2.45, 2.75) is 33.1 Å². The third-order valence-electron chi connectivity index (χ3n) is 4.00. The molecule has 1 heterocycles. The molecule has 1 unspecified atom stereocenters. The van der Waals surface area contributed by atoms with Crippen molar-refractivity contribution >= 4 is 21.8 Å². The molecular formula is C17H25BrN2O. The number of rotatable bonds is 5. The summed E-state index contributed by atoms with van der Waals surface area (Å²) in [5, 5.41) is 3.05. The van der Waals surface area contributed by atoms with Crippen molar-refractivity contribution in [2.75, 3.05) is 26.2 Å². The lowest BCUT2D eigenvalue weighted by Gasteiger charge is -2.29. The fraction of sp³-hybridized carbons (Fsp3) is 0.588. The first-order valence-electron chi connectivity index (χ1n) is 7.83. The monoisotopic (exact) mass is 352 g/mol. The first-order chi connectivity index (χ1) is 10.1. The van der Waals surface area contributed by atoms with Crippen LogP contribution in [0.3, 0.4) is 0 Å². The van der Waals surface area contributed by atoms with E-state index in [0.717, 1.165) is 23.1 Å². The van der Waals surface area contributed by atoms with E-state index in [1.165, 1.54) is 32.4 Å². The Bertz CT molecular complexity index is 484. The van der Waals surface area contributed by atoms with Crippen molar-refractivity contribution in [1.82, 2.24) is 10.2 Å². The molecule has 0 saturated carbocycles. The molecule has 1 aliphatic rings. The summed E-state index contributed by atoms with van der Waals surface area (Å²) in [7, 11) is 0. The maximum Gasteiger partial charge on any atom is 0.252 e. The van der Waals surface area contributed by atoms with E-state index in [0.29, 0.717) is 11.5 Å². The maximum atomic E-state index is 12.2. The van der Waals surface area contributed by atoms with Gasteiger partial charge in [-0.15, -0.1) is 0 Å². The summed E-state index contributed by atoms with van der Waals surface area (Å²) < 4.78 is 0.865. The molecule has 0 aliphatic carbocycles. The molecule has 1 aromatic rings. The Kier molecular flexibility index (Phi) is 6.24. The van der Waals surface area contributed by atoms with E-state index in [9.17, 15) is 4.79 Å². The number of carbonyl (C=O) groups is 1. The van der Waals surface area contributed by atoms with Crippen LogP contribution < -0.4 is 5.32 Å². The van der Waals surface area contributed by atoms with Gasteiger partial charge in [0.05, 0.1) is 5.56 Å². The average molecular weight is 353 g/mol. The van der Waals surface area contributed by atoms with Crippen molar-refractivity contribution in [3.63, 3.8) is 0 Å². The topological polar surface area (TPSA) is 32.3 Å². The number of nitrogens with one attached hydrogen (secondary N) is 1. The van der Waals surface area contributed by atoms with Gasteiger partial charge in [0.15, 0.2) is 0 Å². The Morgan fingerprint density at radius 2 is 2.05 bits per heavy atom. The number of hydrogen-bond acceptors (Lipinski definition) is 2.